The molecule has 1 rings (SSSR count). The Morgan fingerprint density at radius 1 is 1.62 bits per heavy atom. The number of anilines is 1. The molecule has 1 heterocycles. The summed E-state index contributed by atoms with van der Waals surface area (Å²) < 4.78 is 0.177. The van der Waals surface area contributed by atoms with E-state index in [4.69, 9.17) is 5.11 Å². The minimum atomic E-state index is -1.24. The largest absolute Gasteiger partial charge is 0.579 e. The summed E-state index contributed by atoms with van der Waals surface area (Å²) in [7, 11) is 3.80. The van der Waals surface area contributed by atoms with Crippen molar-refractivity contribution in [3.63, 3.8) is 0 Å². The molecule has 1 aromatic rings. The van der Waals surface area contributed by atoms with E-state index >= 15 is 0 Å². The van der Waals surface area contributed by atoms with Crippen LogP contribution < -0.4 is 8.59 Å². The van der Waals surface area contributed by atoms with Crippen LogP contribution in [-0.4, -0.2) is 48.6 Å². The maximum absolute atomic E-state index is 10.6. The molecule has 0 bridgehead atoms. The summed E-state index contributed by atoms with van der Waals surface area (Å²) in [6, 6.07) is 1.84. The minimum Gasteiger partial charge on any atom is -0.506 e. The fraction of sp³-hybridized carbons (Fsp3) is 0.250. The minimum absolute atomic E-state index is 0.698. The number of nitrogens with zero attached hydrogens (tertiary/aromatic N) is 2. The van der Waals surface area contributed by atoms with Gasteiger partial charge in [-0.3, -0.25) is 9.78 Å². The zero-order valence-corrected chi connectivity index (χ0v) is 9.10. The molecule has 0 spiro atoms. The molecule has 66 valence electrons. The first-order valence-corrected chi connectivity index (χ1v) is 5.34. The molecule has 0 aliphatic carbocycles. The average molecular weight is 190 g/mol. The maximum atomic E-state index is 10.6. The summed E-state index contributed by atoms with van der Waals surface area (Å²) in [4.78, 5) is 16.4. The lowest BCUT2D eigenvalue weighted by atomic mass is 10.4. The first-order valence-electron chi connectivity index (χ1n) is 3.93. The Balaban J connectivity index is 2.97. The van der Waals surface area contributed by atoms with Crippen molar-refractivity contribution in [1.82, 2.24) is 4.98 Å². The third kappa shape index (κ3) is 2.85. The van der Waals surface area contributed by atoms with Gasteiger partial charge in [0.1, 0.15) is 4.10 Å². The van der Waals surface area contributed by atoms with Gasteiger partial charge in [-0.25, -0.2) is 0 Å². The lowest BCUT2D eigenvalue weighted by Gasteiger charge is -2.16. The number of aromatic nitrogens is 1. The summed E-state index contributed by atoms with van der Waals surface area (Å²) in [6.07, 6.45) is 3.32. The smallest absolute Gasteiger partial charge is 0.506 e. The molecule has 0 atom stereocenters. The van der Waals surface area contributed by atoms with Crippen LogP contribution in [0.2, 0.25) is 0 Å². The second kappa shape index (κ2) is 4.43. The van der Waals surface area contributed by atoms with E-state index in [-0.39, 0.29) is 0 Å². The van der Waals surface area contributed by atoms with Crippen molar-refractivity contribution in [3.05, 3.63) is 18.5 Å². The highest BCUT2D eigenvalue weighted by molar-refractivity contribution is 6.83. The van der Waals surface area contributed by atoms with Gasteiger partial charge in [0.2, 0.25) is 0 Å². The molecule has 0 fully saturated rings. The lowest BCUT2D eigenvalue weighted by Crippen LogP contribution is -2.28. The summed E-state index contributed by atoms with van der Waals surface area (Å²) in [6.45, 7) is 0. The Bertz CT molecular complexity index is 315. The van der Waals surface area contributed by atoms with Crippen molar-refractivity contribution >= 4 is 33.8 Å². The second-order valence-electron chi connectivity index (χ2n) is 2.97. The molecule has 0 saturated carbocycles. The zero-order valence-electron chi connectivity index (χ0n) is 7.69. The third-order valence-corrected chi connectivity index (χ3v) is 2.93. The van der Waals surface area contributed by atoms with Crippen LogP contribution in [0.3, 0.4) is 0 Å². The van der Waals surface area contributed by atoms with Gasteiger partial charge >= 0.3 is 20.4 Å². The number of carboxylic acid groups (broad SMARTS) is 1. The quantitative estimate of drug-likeness (QED) is 0.690. The van der Waals surface area contributed by atoms with Crippen molar-refractivity contribution in [3.8, 4) is 0 Å². The van der Waals surface area contributed by atoms with Crippen LogP contribution in [0.4, 0.5) is 10.5 Å². The van der Waals surface area contributed by atoms with Gasteiger partial charge in [-0.05, 0) is 6.07 Å². The fourth-order valence-corrected chi connectivity index (χ4v) is 2.29. The highest BCUT2D eigenvalue weighted by Gasteiger charge is 2.13. The van der Waals surface area contributed by atoms with E-state index in [0.29, 0.717) is 0 Å². The Morgan fingerprint density at radius 2 is 2.31 bits per heavy atom. The molecule has 0 radical (unpaired) electrons. The van der Waals surface area contributed by atoms with Crippen molar-refractivity contribution < 1.29 is 9.90 Å². The van der Waals surface area contributed by atoms with Crippen molar-refractivity contribution in [2.24, 2.45) is 0 Å². The number of hydrogen-bond acceptors (Lipinski definition) is 3. The first kappa shape index (κ1) is 10.3. The molecule has 0 unspecified atom stereocenters. The molecule has 0 aliphatic heterocycles. The molecule has 1 aromatic heterocycles. The Morgan fingerprint density at radius 3 is 2.85 bits per heavy atom. The molecule has 0 saturated heterocycles. The van der Waals surface area contributed by atoms with E-state index in [1.165, 1.54) is 0 Å². The fourth-order valence-electron chi connectivity index (χ4n) is 1.16. The molecule has 0 aromatic carbocycles. The van der Waals surface area contributed by atoms with E-state index < -0.39 is 24.5 Å². The van der Waals surface area contributed by atoms with E-state index in [1.807, 2.05) is 25.1 Å². The number of rotatable bonds is 3. The summed E-state index contributed by atoms with van der Waals surface area (Å²) in [5.74, 6) is 0. The number of pyridine rings is 1. The van der Waals surface area contributed by atoms with Gasteiger partial charge in [-0.2, -0.15) is 0 Å². The van der Waals surface area contributed by atoms with Crippen LogP contribution in [0, 0.1) is 0 Å². The van der Waals surface area contributed by atoms with Crippen molar-refractivity contribution in [2.75, 3.05) is 19.0 Å². The van der Waals surface area contributed by atoms with Crippen LogP contribution in [0.1, 0.15) is 0 Å². The average Bonchev–Trinajstić information content (AvgIpc) is 2.03. The Labute approximate surface area is 86.3 Å². The third-order valence-electron chi connectivity index (χ3n) is 1.70. The molecular formula is C8H10MgN2O2. The monoisotopic (exact) mass is 190 g/mol. The second-order valence-corrected chi connectivity index (χ2v) is 4.69. The number of carbonyl (C=O) groups is 1. The first-order chi connectivity index (χ1) is 6.11. The van der Waals surface area contributed by atoms with Crippen LogP contribution >= 0.6 is 0 Å². The van der Waals surface area contributed by atoms with E-state index in [1.54, 1.807) is 12.4 Å². The Kier molecular flexibility index (Phi) is 3.50. The summed E-state index contributed by atoms with van der Waals surface area (Å²) in [5.41, 5.74) is 0.962. The van der Waals surface area contributed by atoms with Crippen LogP contribution in [0.15, 0.2) is 18.5 Å². The van der Waals surface area contributed by atoms with Gasteiger partial charge < -0.3 is 10.0 Å². The molecule has 0 aliphatic rings. The van der Waals surface area contributed by atoms with E-state index in [2.05, 4.69) is 4.98 Å². The van der Waals surface area contributed by atoms with Gasteiger partial charge in [0.25, 0.3) is 0 Å². The van der Waals surface area contributed by atoms with Gasteiger partial charge in [0, 0.05) is 32.2 Å². The van der Waals surface area contributed by atoms with Crippen molar-refractivity contribution in [2.45, 2.75) is 0 Å². The summed E-state index contributed by atoms with van der Waals surface area (Å²) in [5, 5.41) is 8.69. The maximum Gasteiger partial charge on any atom is 0.579 e. The SMILES string of the molecule is CN(C)c1ccnc[c]1[Mg][C](=O)O. The lowest BCUT2D eigenvalue weighted by molar-refractivity contribution is 0.220. The van der Waals surface area contributed by atoms with Crippen LogP contribution in [-0.2, 0) is 0 Å². The van der Waals surface area contributed by atoms with E-state index in [0.717, 1.165) is 9.38 Å². The highest BCUT2D eigenvalue weighted by Crippen LogP contribution is 2.04. The van der Waals surface area contributed by atoms with Gasteiger partial charge in [-0.15, -0.1) is 3.69 Å². The van der Waals surface area contributed by atoms with Crippen molar-refractivity contribution in [1.29, 1.82) is 0 Å². The number of hydrogen-bond donors (Lipinski definition) is 1. The standard InChI is InChI=1S/C7H9N2.CHO2.Mg/c1-9(2)7-3-5-8-6-4-7;2-1-3;/h3,5-6H,1-2H3;(H,2,3);. The zero-order chi connectivity index (χ0) is 9.84. The Hall–Kier alpha value is -0.814. The van der Waals surface area contributed by atoms with Crippen LogP contribution in [0.5, 0.6) is 0 Å². The van der Waals surface area contributed by atoms with E-state index in [9.17, 15) is 4.79 Å². The predicted octanol–water partition coefficient (Wildman–Crippen LogP) is 0.155. The molecule has 13 heavy (non-hydrogen) atoms. The molecule has 4 nitrogen and oxygen atoms in total. The molecular weight excluding hydrogens is 180 g/mol. The molecule has 0 amide bonds. The van der Waals surface area contributed by atoms with Gasteiger partial charge in [-0.1, -0.05) is 0 Å². The van der Waals surface area contributed by atoms with Crippen LogP contribution in [0.25, 0.3) is 0 Å². The molecule has 1 N–H and O–H groups in total. The summed E-state index contributed by atoms with van der Waals surface area (Å²) >= 11 is -1.24. The van der Waals surface area contributed by atoms with Gasteiger partial charge in [0.05, 0.1) is 0 Å². The molecule has 5 heteroatoms. The highest BCUT2D eigenvalue weighted by atomic mass is 24.5. The topological polar surface area (TPSA) is 53.4 Å². The van der Waals surface area contributed by atoms with Gasteiger partial charge in [0.15, 0.2) is 0 Å². The normalized spacial score (nSPS) is 9.08. The predicted molar refractivity (Wildman–Crippen MR) is 52.0 cm³/mol.